The van der Waals surface area contributed by atoms with Crippen LogP contribution in [0.15, 0.2) is 28.4 Å². The summed E-state index contributed by atoms with van der Waals surface area (Å²) in [6.45, 7) is 6.57. The molecule has 0 spiro atoms. The van der Waals surface area contributed by atoms with E-state index in [1.54, 1.807) is 0 Å². The normalized spacial score (nSPS) is 32.5. The molecule has 1 nitrogen and oxygen atoms in total. The molecule has 0 aromatic carbocycles. The summed E-state index contributed by atoms with van der Waals surface area (Å²) in [5.74, 6) is 1.59. The SMILES string of the molecule is CC1\C=C(CCl)/N=C\C(C(C)C)=C\C1. The van der Waals surface area contributed by atoms with Gasteiger partial charge in [0.2, 0.25) is 0 Å². The summed E-state index contributed by atoms with van der Waals surface area (Å²) in [5, 5.41) is 0. The molecule has 0 saturated carbocycles. The molecule has 1 unspecified atom stereocenters. The Morgan fingerprint density at radius 3 is 2.86 bits per heavy atom. The summed E-state index contributed by atoms with van der Waals surface area (Å²) in [5.41, 5.74) is 2.30. The molecule has 1 atom stereocenters. The van der Waals surface area contributed by atoms with Crippen molar-refractivity contribution in [2.75, 3.05) is 5.88 Å². The van der Waals surface area contributed by atoms with Crippen LogP contribution in [0.1, 0.15) is 27.2 Å². The number of aliphatic imine (C=N–C) groups is 1. The first kappa shape index (κ1) is 11.5. The minimum absolute atomic E-state index is 0.506. The second-order valence-corrected chi connectivity index (χ2v) is 4.39. The topological polar surface area (TPSA) is 12.4 Å². The van der Waals surface area contributed by atoms with E-state index in [0.29, 0.717) is 17.7 Å². The lowest BCUT2D eigenvalue weighted by Crippen LogP contribution is -2.01. The second-order valence-electron chi connectivity index (χ2n) is 4.12. The number of alkyl halides is 1. The Bertz CT molecular complexity index is 274. The quantitative estimate of drug-likeness (QED) is 0.617. The maximum atomic E-state index is 5.80. The van der Waals surface area contributed by atoms with Crippen molar-refractivity contribution in [1.82, 2.24) is 0 Å². The number of hydrogen-bond acceptors (Lipinski definition) is 1. The highest BCUT2D eigenvalue weighted by Gasteiger charge is 2.06. The third kappa shape index (κ3) is 3.30. The summed E-state index contributed by atoms with van der Waals surface area (Å²) in [6.07, 6.45) is 7.46. The van der Waals surface area contributed by atoms with Gasteiger partial charge in [0.05, 0.1) is 11.6 Å². The van der Waals surface area contributed by atoms with E-state index in [1.165, 1.54) is 5.57 Å². The second kappa shape index (κ2) is 5.35. The first-order valence-corrected chi connectivity index (χ1v) is 5.67. The van der Waals surface area contributed by atoms with Crippen LogP contribution in [-0.2, 0) is 0 Å². The van der Waals surface area contributed by atoms with Crippen molar-refractivity contribution in [3.63, 3.8) is 0 Å². The van der Waals surface area contributed by atoms with Crippen LogP contribution >= 0.6 is 11.6 Å². The lowest BCUT2D eigenvalue weighted by molar-refractivity contribution is 0.716. The Morgan fingerprint density at radius 1 is 1.57 bits per heavy atom. The standard InChI is InChI=1S/C12H18ClN/c1-9(2)11-5-4-10(3)6-12(7-13)14-8-11/h5-6,8-10H,4,7H2,1-3H3/b11-5-,12-6-,14-8-. The third-order valence-corrected chi connectivity index (χ3v) is 2.66. The average Bonchev–Trinajstić information content (AvgIpc) is 2.11. The summed E-state index contributed by atoms with van der Waals surface area (Å²) in [7, 11) is 0. The molecule has 1 rings (SSSR count). The van der Waals surface area contributed by atoms with Crippen LogP contribution in [0.2, 0.25) is 0 Å². The van der Waals surface area contributed by atoms with Crippen LogP contribution < -0.4 is 0 Å². The maximum absolute atomic E-state index is 5.80. The summed E-state index contributed by atoms with van der Waals surface area (Å²) in [4.78, 5) is 4.39. The number of halogens is 1. The van der Waals surface area contributed by atoms with Crippen molar-refractivity contribution in [2.24, 2.45) is 16.8 Å². The molecule has 0 saturated heterocycles. The van der Waals surface area contributed by atoms with E-state index in [-0.39, 0.29) is 0 Å². The zero-order valence-electron chi connectivity index (χ0n) is 9.13. The highest BCUT2D eigenvalue weighted by molar-refractivity contribution is 6.19. The molecule has 0 radical (unpaired) electrons. The molecular weight excluding hydrogens is 194 g/mol. The van der Waals surface area contributed by atoms with Gasteiger partial charge in [-0.25, -0.2) is 0 Å². The lowest BCUT2D eigenvalue weighted by atomic mass is 9.98. The van der Waals surface area contributed by atoms with Gasteiger partial charge in [0.25, 0.3) is 0 Å². The van der Waals surface area contributed by atoms with Crippen LogP contribution in [-0.4, -0.2) is 12.1 Å². The molecule has 0 N–H and O–H groups in total. The van der Waals surface area contributed by atoms with Gasteiger partial charge in [-0.1, -0.05) is 32.9 Å². The fourth-order valence-corrected chi connectivity index (χ4v) is 1.59. The van der Waals surface area contributed by atoms with Crippen LogP contribution in [0.3, 0.4) is 0 Å². The Morgan fingerprint density at radius 2 is 2.29 bits per heavy atom. The zero-order valence-corrected chi connectivity index (χ0v) is 9.88. The Balaban J connectivity index is 2.87. The molecule has 0 aromatic heterocycles. The minimum atomic E-state index is 0.506. The number of hydrogen-bond donors (Lipinski definition) is 0. The Labute approximate surface area is 91.6 Å². The van der Waals surface area contributed by atoms with Crippen LogP contribution in [0, 0.1) is 11.8 Å². The molecule has 2 heteroatoms. The number of allylic oxidation sites excluding steroid dienone is 4. The fourth-order valence-electron chi connectivity index (χ4n) is 1.44. The third-order valence-electron chi connectivity index (χ3n) is 2.39. The molecular formula is C12H18ClN. The van der Waals surface area contributed by atoms with E-state index in [1.807, 2.05) is 6.21 Å². The molecule has 78 valence electrons. The van der Waals surface area contributed by atoms with Gasteiger partial charge in [-0.2, -0.15) is 0 Å². The number of nitrogens with zero attached hydrogens (tertiary/aromatic N) is 1. The van der Waals surface area contributed by atoms with Crippen molar-refractivity contribution in [3.05, 3.63) is 23.4 Å². The molecule has 0 aromatic rings. The molecule has 0 bridgehead atoms. The molecule has 0 aliphatic carbocycles. The van der Waals surface area contributed by atoms with Gasteiger partial charge in [0, 0.05) is 6.21 Å². The van der Waals surface area contributed by atoms with E-state index >= 15 is 0 Å². The summed E-state index contributed by atoms with van der Waals surface area (Å²) >= 11 is 5.80. The van der Waals surface area contributed by atoms with Gasteiger partial charge >= 0.3 is 0 Å². The average molecular weight is 212 g/mol. The summed E-state index contributed by atoms with van der Waals surface area (Å²) in [6, 6.07) is 0. The highest BCUT2D eigenvalue weighted by atomic mass is 35.5. The molecule has 0 fully saturated rings. The van der Waals surface area contributed by atoms with Gasteiger partial charge in [0.15, 0.2) is 0 Å². The van der Waals surface area contributed by atoms with Gasteiger partial charge in [-0.3, -0.25) is 4.99 Å². The van der Waals surface area contributed by atoms with E-state index in [9.17, 15) is 0 Å². The van der Waals surface area contributed by atoms with Crippen LogP contribution in [0.4, 0.5) is 0 Å². The van der Waals surface area contributed by atoms with Crippen molar-refractivity contribution in [3.8, 4) is 0 Å². The minimum Gasteiger partial charge on any atom is -0.260 e. The van der Waals surface area contributed by atoms with E-state index in [4.69, 9.17) is 11.6 Å². The molecule has 1 heterocycles. The monoisotopic (exact) mass is 211 g/mol. The van der Waals surface area contributed by atoms with E-state index < -0.39 is 0 Å². The zero-order chi connectivity index (χ0) is 10.6. The van der Waals surface area contributed by atoms with Crippen molar-refractivity contribution >= 4 is 17.8 Å². The van der Waals surface area contributed by atoms with Crippen molar-refractivity contribution < 1.29 is 0 Å². The predicted molar refractivity (Wildman–Crippen MR) is 64.0 cm³/mol. The van der Waals surface area contributed by atoms with Crippen molar-refractivity contribution in [1.29, 1.82) is 0 Å². The molecule has 14 heavy (non-hydrogen) atoms. The Hall–Kier alpha value is -0.560. The molecule has 1 aliphatic rings. The maximum Gasteiger partial charge on any atom is 0.0644 e. The van der Waals surface area contributed by atoms with E-state index in [2.05, 4.69) is 37.9 Å². The van der Waals surface area contributed by atoms with Gasteiger partial charge in [-0.05, 0) is 23.8 Å². The number of rotatable bonds is 2. The summed E-state index contributed by atoms with van der Waals surface area (Å²) < 4.78 is 0. The predicted octanol–water partition coefficient (Wildman–Crippen LogP) is 3.80. The Kier molecular flexibility index (Phi) is 4.40. The van der Waals surface area contributed by atoms with Gasteiger partial charge in [0.1, 0.15) is 0 Å². The molecule has 1 aliphatic heterocycles. The highest BCUT2D eigenvalue weighted by Crippen LogP contribution is 2.18. The molecule has 0 amide bonds. The van der Waals surface area contributed by atoms with Crippen molar-refractivity contribution in [2.45, 2.75) is 27.2 Å². The largest absolute Gasteiger partial charge is 0.260 e. The van der Waals surface area contributed by atoms with Crippen LogP contribution in [0.25, 0.3) is 0 Å². The smallest absolute Gasteiger partial charge is 0.0644 e. The van der Waals surface area contributed by atoms with Crippen LogP contribution in [0.5, 0.6) is 0 Å². The van der Waals surface area contributed by atoms with Gasteiger partial charge < -0.3 is 0 Å². The van der Waals surface area contributed by atoms with E-state index in [0.717, 1.165) is 12.1 Å². The lowest BCUT2D eigenvalue weighted by Gasteiger charge is -2.12. The first-order chi connectivity index (χ1) is 6.63. The first-order valence-electron chi connectivity index (χ1n) is 5.14. The van der Waals surface area contributed by atoms with Gasteiger partial charge in [-0.15, -0.1) is 11.6 Å². The fraction of sp³-hybridized carbons (Fsp3) is 0.583.